The van der Waals surface area contributed by atoms with E-state index in [1.54, 1.807) is 18.2 Å². The maximum Gasteiger partial charge on any atom is 0.244 e. The summed E-state index contributed by atoms with van der Waals surface area (Å²) in [5, 5.41) is 14.7. The normalized spacial score (nSPS) is 12.5. The van der Waals surface area contributed by atoms with Crippen molar-refractivity contribution in [3.63, 3.8) is 0 Å². The highest BCUT2D eigenvalue weighted by atomic mass is 35.5. The molecule has 0 spiro atoms. The van der Waals surface area contributed by atoms with Crippen LogP contribution in [-0.2, 0) is 4.79 Å². The van der Waals surface area contributed by atoms with Crippen molar-refractivity contribution in [1.82, 2.24) is 25.5 Å². The number of carbonyl (C=O) groups is 1. The van der Waals surface area contributed by atoms with E-state index in [0.29, 0.717) is 5.02 Å². The lowest BCUT2D eigenvalue weighted by molar-refractivity contribution is -0.117. The first-order chi connectivity index (χ1) is 11.1. The van der Waals surface area contributed by atoms with Crippen LogP contribution in [0, 0.1) is 0 Å². The molecule has 1 aromatic heterocycles. The average Bonchev–Trinajstić information content (AvgIpc) is 3.06. The second kappa shape index (κ2) is 8.43. The summed E-state index contributed by atoms with van der Waals surface area (Å²) in [5.41, 5.74) is 1.52. The van der Waals surface area contributed by atoms with E-state index in [1.807, 2.05) is 6.07 Å². The Hall–Kier alpha value is -2.21. The molecular weight excluding hydrogens is 314 g/mol. The molecule has 1 atom stereocenters. The van der Waals surface area contributed by atoms with Crippen LogP contribution in [0.1, 0.15) is 38.7 Å². The molecule has 0 fully saturated rings. The van der Waals surface area contributed by atoms with Crippen molar-refractivity contribution < 1.29 is 4.79 Å². The number of carbonyl (C=O) groups excluding carboxylic acids is 1. The maximum atomic E-state index is 12.1. The summed E-state index contributed by atoms with van der Waals surface area (Å²) >= 11 is 6.05. The molecule has 1 heterocycles. The Morgan fingerprint density at radius 2 is 2.26 bits per heavy atom. The molecule has 2 rings (SSSR count). The van der Waals surface area contributed by atoms with Gasteiger partial charge in [-0.25, -0.2) is 0 Å². The van der Waals surface area contributed by atoms with Gasteiger partial charge in [-0.05, 0) is 47.5 Å². The maximum absolute atomic E-state index is 12.1. The van der Waals surface area contributed by atoms with Crippen molar-refractivity contribution in [3.8, 4) is 5.69 Å². The molecule has 0 saturated carbocycles. The van der Waals surface area contributed by atoms with E-state index >= 15 is 0 Å². The number of hydrogen-bond acceptors (Lipinski definition) is 4. The number of nitrogens with one attached hydrogen (secondary N) is 1. The van der Waals surface area contributed by atoms with Gasteiger partial charge < -0.3 is 5.32 Å². The number of nitrogens with zero attached hydrogens (tertiary/aromatic N) is 4. The zero-order valence-corrected chi connectivity index (χ0v) is 14.0. The van der Waals surface area contributed by atoms with Crippen molar-refractivity contribution in [3.05, 3.63) is 41.2 Å². The molecule has 1 amide bonds. The molecule has 1 aromatic carbocycles. The van der Waals surface area contributed by atoms with Gasteiger partial charge in [-0.1, -0.05) is 31.9 Å². The highest BCUT2D eigenvalue weighted by Crippen LogP contribution is 2.20. The van der Waals surface area contributed by atoms with E-state index in [4.69, 9.17) is 11.6 Å². The van der Waals surface area contributed by atoms with Gasteiger partial charge >= 0.3 is 0 Å². The van der Waals surface area contributed by atoms with Crippen LogP contribution in [0.4, 0.5) is 0 Å². The number of aromatic nitrogens is 4. The van der Waals surface area contributed by atoms with Gasteiger partial charge in [-0.3, -0.25) is 4.79 Å². The van der Waals surface area contributed by atoms with Crippen LogP contribution in [0.25, 0.3) is 11.8 Å². The molecule has 0 aliphatic carbocycles. The van der Waals surface area contributed by atoms with Gasteiger partial charge in [0.1, 0.15) is 6.33 Å². The molecular formula is C16H20ClN5O. The van der Waals surface area contributed by atoms with Crippen LogP contribution in [0.3, 0.4) is 0 Å². The van der Waals surface area contributed by atoms with Gasteiger partial charge in [0.15, 0.2) is 0 Å². The van der Waals surface area contributed by atoms with Crippen LogP contribution >= 0.6 is 11.6 Å². The largest absolute Gasteiger partial charge is 0.350 e. The summed E-state index contributed by atoms with van der Waals surface area (Å²) in [4.78, 5) is 12.1. The van der Waals surface area contributed by atoms with Crippen LogP contribution in [0.5, 0.6) is 0 Å². The van der Waals surface area contributed by atoms with E-state index in [1.165, 1.54) is 17.1 Å². The Bertz CT molecular complexity index is 669. The molecule has 0 saturated heterocycles. The number of benzene rings is 1. The van der Waals surface area contributed by atoms with Crippen molar-refractivity contribution in [1.29, 1.82) is 0 Å². The average molecular weight is 334 g/mol. The minimum atomic E-state index is -0.118. The first kappa shape index (κ1) is 17.1. The zero-order chi connectivity index (χ0) is 16.7. The second-order valence-electron chi connectivity index (χ2n) is 5.19. The van der Waals surface area contributed by atoms with Crippen molar-refractivity contribution in [2.75, 3.05) is 0 Å². The number of tetrazole rings is 1. The van der Waals surface area contributed by atoms with E-state index in [2.05, 4.69) is 34.7 Å². The van der Waals surface area contributed by atoms with Crippen LogP contribution in [0.2, 0.25) is 5.02 Å². The van der Waals surface area contributed by atoms with Crippen molar-refractivity contribution in [2.24, 2.45) is 0 Å². The molecule has 0 radical (unpaired) electrons. The predicted octanol–water partition coefficient (Wildman–Crippen LogP) is 3.02. The first-order valence-corrected chi connectivity index (χ1v) is 8.03. The number of amides is 1. The van der Waals surface area contributed by atoms with Gasteiger partial charge in [-0.2, -0.15) is 4.68 Å². The standard InChI is InChI=1S/C16H20ClN5O/c1-3-5-14(4-2)19-16(23)9-6-12-10-13(17)7-8-15(12)22-11-18-20-21-22/h6-11,14H,3-5H2,1-2H3,(H,19,23)/b9-6+. The number of halogens is 1. The van der Waals surface area contributed by atoms with Crippen LogP contribution in [0.15, 0.2) is 30.6 Å². The van der Waals surface area contributed by atoms with Gasteiger partial charge in [0.25, 0.3) is 0 Å². The fourth-order valence-electron chi connectivity index (χ4n) is 2.28. The molecule has 0 aliphatic rings. The quantitative estimate of drug-likeness (QED) is 0.790. The topological polar surface area (TPSA) is 72.7 Å². The summed E-state index contributed by atoms with van der Waals surface area (Å²) < 4.78 is 1.53. The molecule has 0 bridgehead atoms. The molecule has 122 valence electrons. The summed E-state index contributed by atoms with van der Waals surface area (Å²) in [5.74, 6) is -0.118. The second-order valence-corrected chi connectivity index (χ2v) is 5.63. The van der Waals surface area contributed by atoms with Crippen molar-refractivity contribution >= 4 is 23.6 Å². The molecule has 0 aliphatic heterocycles. The Labute approximate surface area is 140 Å². The van der Waals surface area contributed by atoms with Gasteiger partial charge in [-0.15, -0.1) is 5.10 Å². The molecule has 2 aromatic rings. The third-order valence-corrected chi connectivity index (χ3v) is 3.71. The van der Waals surface area contributed by atoms with Crippen LogP contribution in [-0.4, -0.2) is 32.2 Å². The fourth-order valence-corrected chi connectivity index (χ4v) is 2.46. The molecule has 1 N–H and O–H groups in total. The van der Waals surface area contributed by atoms with E-state index in [-0.39, 0.29) is 11.9 Å². The Balaban J connectivity index is 2.15. The molecule has 7 heteroatoms. The monoisotopic (exact) mass is 333 g/mol. The molecule has 1 unspecified atom stereocenters. The summed E-state index contributed by atoms with van der Waals surface area (Å²) in [6.07, 6.45) is 7.66. The summed E-state index contributed by atoms with van der Waals surface area (Å²) in [7, 11) is 0. The Kier molecular flexibility index (Phi) is 6.29. The fraction of sp³-hybridized carbons (Fsp3) is 0.375. The highest BCUT2D eigenvalue weighted by molar-refractivity contribution is 6.30. The van der Waals surface area contributed by atoms with E-state index in [9.17, 15) is 4.79 Å². The predicted molar refractivity (Wildman–Crippen MR) is 90.3 cm³/mol. The molecule has 23 heavy (non-hydrogen) atoms. The van der Waals surface area contributed by atoms with Crippen LogP contribution < -0.4 is 5.32 Å². The number of hydrogen-bond donors (Lipinski definition) is 1. The lowest BCUT2D eigenvalue weighted by Crippen LogP contribution is -2.32. The Morgan fingerprint density at radius 3 is 2.91 bits per heavy atom. The van der Waals surface area contributed by atoms with Gasteiger partial charge in [0.2, 0.25) is 5.91 Å². The third kappa shape index (κ3) is 4.89. The third-order valence-electron chi connectivity index (χ3n) is 3.48. The minimum absolute atomic E-state index is 0.118. The highest BCUT2D eigenvalue weighted by Gasteiger charge is 2.08. The van der Waals surface area contributed by atoms with Gasteiger partial charge in [0, 0.05) is 22.7 Å². The lowest BCUT2D eigenvalue weighted by atomic mass is 10.1. The summed E-state index contributed by atoms with van der Waals surface area (Å²) in [6.45, 7) is 4.17. The SMILES string of the molecule is CCCC(CC)NC(=O)/C=C/c1cc(Cl)ccc1-n1cnnn1. The van der Waals surface area contributed by atoms with E-state index in [0.717, 1.165) is 30.5 Å². The van der Waals surface area contributed by atoms with Crippen molar-refractivity contribution in [2.45, 2.75) is 39.2 Å². The smallest absolute Gasteiger partial charge is 0.244 e. The zero-order valence-electron chi connectivity index (χ0n) is 13.2. The molecule has 6 nitrogen and oxygen atoms in total. The van der Waals surface area contributed by atoms with Gasteiger partial charge in [0.05, 0.1) is 5.69 Å². The Morgan fingerprint density at radius 1 is 1.43 bits per heavy atom. The minimum Gasteiger partial charge on any atom is -0.350 e. The summed E-state index contributed by atoms with van der Waals surface area (Å²) in [6, 6.07) is 5.54. The van der Waals surface area contributed by atoms with E-state index < -0.39 is 0 Å². The number of rotatable bonds is 7. The lowest BCUT2D eigenvalue weighted by Gasteiger charge is -2.14. The first-order valence-electron chi connectivity index (χ1n) is 7.65.